The van der Waals surface area contributed by atoms with Gasteiger partial charge in [0.1, 0.15) is 5.75 Å². The molecule has 1 aliphatic heterocycles. The van der Waals surface area contributed by atoms with Gasteiger partial charge in [-0.15, -0.1) is 0 Å². The zero-order valence-corrected chi connectivity index (χ0v) is 14.2. The molecule has 0 aliphatic carbocycles. The average Bonchev–Trinajstić information content (AvgIpc) is 2.87. The van der Waals surface area contributed by atoms with Gasteiger partial charge in [-0.25, -0.2) is 0 Å². The number of ether oxygens (including phenoxy) is 1. The monoisotopic (exact) mass is 320 g/mol. The lowest BCUT2D eigenvalue weighted by Crippen LogP contribution is -2.28. The number of hydrogen-bond acceptors (Lipinski definition) is 3. The summed E-state index contributed by atoms with van der Waals surface area (Å²) in [6.07, 6.45) is 4.99. The summed E-state index contributed by atoms with van der Waals surface area (Å²) in [4.78, 5) is 2.56. The van der Waals surface area contributed by atoms with Gasteiger partial charge in [-0.2, -0.15) is 5.26 Å². The SMILES string of the molecule is COc1ccc(C2CCCCCN2Cc2cccc(C#N)c2)cc1. The van der Waals surface area contributed by atoms with E-state index < -0.39 is 0 Å². The van der Waals surface area contributed by atoms with E-state index in [1.165, 1.54) is 36.8 Å². The molecule has 2 aromatic carbocycles. The topological polar surface area (TPSA) is 36.3 Å². The molecule has 3 rings (SSSR count). The number of benzene rings is 2. The van der Waals surface area contributed by atoms with Crippen LogP contribution in [0.2, 0.25) is 0 Å². The second kappa shape index (κ2) is 7.99. The van der Waals surface area contributed by atoms with Gasteiger partial charge < -0.3 is 4.74 Å². The highest BCUT2D eigenvalue weighted by atomic mass is 16.5. The van der Waals surface area contributed by atoms with Gasteiger partial charge in [-0.05, 0) is 54.8 Å². The van der Waals surface area contributed by atoms with E-state index in [0.29, 0.717) is 6.04 Å². The second-order valence-corrected chi connectivity index (χ2v) is 6.42. The minimum atomic E-state index is 0.434. The van der Waals surface area contributed by atoms with E-state index in [9.17, 15) is 0 Å². The molecule has 0 spiro atoms. The zero-order chi connectivity index (χ0) is 16.8. The molecule has 1 heterocycles. The van der Waals surface area contributed by atoms with Gasteiger partial charge in [-0.3, -0.25) is 4.90 Å². The third-order valence-electron chi connectivity index (χ3n) is 4.81. The molecule has 24 heavy (non-hydrogen) atoms. The Hall–Kier alpha value is -2.31. The first-order valence-corrected chi connectivity index (χ1v) is 8.67. The van der Waals surface area contributed by atoms with Crippen LogP contribution in [0.25, 0.3) is 0 Å². The molecule has 1 unspecified atom stereocenters. The quantitative estimate of drug-likeness (QED) is 0.820. The van der Waals surface area contributed by atoms with Crippen LogP contribution in [0.5, 0.6) is 5.75 Å². The van der Waals surface area contributed by atoms with Crippen LogP contribution in [0.3, 0.4) is 0 Å². The van der Waals surface area contributed by atoms with Gasteiger partial charge in [0, 0.05) is 12.6 Å². The molecule has 2 aromatic rings. The second-order valence-electron chi connectivity index (χ2n) is 6.42. The summed E-state index contributed by atoms with van der Waals surface area (Å²) in [5, 5.41) is 9.12. The third-order valence-corrected chi connectivity index (χ3v) is 4.81. The van der Waals surface area contributed by atoms with Gasteiger partial charge >= 0.3 is 0 Å². The Morgan fingerprint density at radius 2 is 1.96 bits per heavy atom. The van der Waals surface area contributed by atoms with E-state index in [4.69, 9.17) is 10.00 Å². The van der Waals surface area contributed by atoms with E-state index in [-0.39, 0.29) is 0 Å². The van der Waals surface area contributed by atoms with Crippen LogP contribution in [0, 0.1) is 11.3 Å². The number of hydrogen-bond donors (Lipinski definition) is 0. The van der Waals surface area contributed by atoms with Crippen molar-refractivity contribution in [3.8, 4) is 11.8 Å². The molecule has 1 saturated heterocycles. The van der Waals surface area contributed by atoms with E-state index in [1.54, 1.807) is 7.11 Å². The minimum absolute atomic E-state index is 0.434. The first-order valence-electron chi connectivity index (χ1n) is 8.67. The molecule has 0 amide bonds. The predicted molar refractivity (Wildman–Crippen MR) is 95.8 cm³/mol. The number of nitriles is 1. The van der Waals surface area contributed by atoms with Crippen molar-refractivity contribution in [3.63, 3.8) is 0 Å². The molecule has 0 saturated carbocycles. The lowest BCUT2D eigenvalue weighted by molar-refractivity contribution is 0.192. The molecular formula is C21H24N2O. The van der Waals surface area contributed by atoms with Crippen molar-refractivity contribution in [2.75, 3.05) is 13.7 Å². The third kappa shape index (κ3) is 3.96. The van der Waals surface area contributed by atoms with Crippen molar-refractivity contribution in [3.05, 3.63) is 65.2 Å². The molecule has 0 radical (unpaired) electrons. The Morgan fingerprint density at radius 1 is 1.12 bits per heavy atom. The summed E-state index contributed by atoms with van der Waals surface area (Å²) in [6, 6.07) is 19.1. The number of nitrogens with zero attached hydrogens (tertiary/aromatic N) is 2. The highest BCUT2D eigenvalue weighted by molar-refractivity contribution is 5.33. The molecule has 1 atom stereocenters. The lowest BCUT2D eigenvalue weighted by atomic mass is 10.00. The van der Waals surface area contributed by atoms with E-state index >= 15 is 0 Å². The minimum Gasteiger partial charge on any atom is -0.497 e. The van der Waals surface area contributed by atoms with Gasteiger partial charge in [0.25, 0.3) is 0 Å². The van der Waals surface area contributed by atoms with Gasteiger partial charge in [0.15, 0.2) is 0 Å². The fourth-order valence-corrected chi connectivity index (χ4v) is 3.53. The molecule has 0 bridgehead atoms. The van der Waals surface area contributed by atoms with Crippen LogP contribution in [-0.2, 0) is 6.54 Å². The van der Waals surface area contributed by atoms with Crippen LogP contribution in [0.15, 0.2) is 48.5 Å². The van der Waals surface area contributed by atoms with Crippen molar-refractivity contribution >= 4 is 0 Å². The maximum absolute atomic E-state index is 9.12. The molecule has 1 fully saturated rings. The summed E-state index contributed by atoms with van der Waals surface area (Å²) < 4.78 is 5.28. The van der Waals surface area contributed by atoms with Crippen LogP contribution in [0.4, 0.5) is 0 Å². The van der Waals surface area contributed by atoms with Crippen molar-refractivity contribution in [2.45, 2.75) is 38.3 Å². The Kier molecular flexibility index (Phi) is 5.51. The molecule has 124 valence electrons. The van der Waals surface area contributed by atoms with Crippen LogP contribution in [0.1, 0.15) is 48.4 Å². The summed E-state index contributed by atoms with van der Waals surface area (Å²) in [7, 11) is 1.70. The Morgan fingerprint density at radius 3 is 2.71 bits per heavy atom. The highest BCUT2D eigenvalue weighted by Crippen LogP contribution is 2.32. The standard InChI is InChI=1S/C21H24N2O/c1-24-20-11-9-19(10-12-20)21-8-3-2-4-13-23(21)16-18-7-5-6-17(14-18)15-22/h5-7,9-12,14,21H,2-4,8,13,16H2,1H3. The van der Waals surface area contributed by atoms with Gasteiger partial charge in [-0.1, -0.05) is 37.1 Å². The zero-order valence-electron chi connectivity index (χ0n) is 14.2. The smallest absolute Gasteiger partial charge is 0.118 e. The summed E-state index contributed by atoms with van der Waals surface area (Å²) >= 11 is 0. The fourth-order valence-electron chi connectivity index (χ4n) is 3.53. The lowest BCUT2D eigenvalue weighted by Gasteiger charge is -2.30. The molecule has 0 N–H and O–H groups in total. The predicted octanol–water partition coefficient (Wildman–Crippen LogP) is 4.68. The summed E-state index contributed by atoms with van der Waals surface area (Å²) in [5.74, 6) is 0.903. The van der Waals surface area contributed by atoms with Crippen molar-refractivity contribution in [1.29, 1.82) is 5.26 Å². The average molecular weight is 320 g/mol. The number of methoxy groups -OCH3 is 1. The molecule has 3 nitrogen and oxygen atoms in total. The van der Waals surface area contributed by atoms with Crippen molar-refractivity contribution in [1.82, 2.24) is 4.90 Å². The first kappa shape index (κ1) is 16.5. The maximum Gasteiger partial charge on any atom is 0.118 e. The molecular weight excluding hydrogens is 296 g/mol. The highest BCUT2D eigenvalue weighted by Gasteiger charge is 2.22. The van der Waals surface area contributed by atoms with Crippen molar-refractivity contribution in [2.24, 2.45) is 0 Å². The Labute approximate surface area is 144 Å². The summed E-state index contributed by atoms with van der Waals surface area (Å²) in [6.45, 7) is 2.00. The first-order chi connectivity index (χ1) is 11.8. The Balaban J connectivity index is 1.82. The summed E-state index contributed by atoms with van der Waals surface area (Å²) in [5.41, 5.74) is 3.31. The molecule has 3 heteroatoms. The van der Waals surface area contributed by atoms with Crippen LogP contribution in [-0.4, -0.2) is 18.6 Å². The van der Waals surface area contributed by atoms with Crippen molar-refractivity contribution < 1.29 is 4.74 Å². The van der Waals surface area contributed by atoms with Gasteiger partial charge in [0.2, 0.25) is 0 Å². The van der Waals surface area contributed by atoms with E-state index in [1.807, 2.05) is 18.2 Å². The van der Waals surface area contributed by atoms with Crippen LogP contribution >= 0.6 is 0 Å². The fraction of sp³-hybridized carbons (Fsp3) is 0.381. The number of likely N-dealkylation sites (tertiary alicyclic amines) is 1. The van der Waals surface area contributed by atoms with Crippen LogP contribution < -0.4 is 4.74 Å². The molecule has 0 aromatic heterocycles. The normalized spacial score (nSPS) is 18.6. The Bertz CT molecular complexity index is 703. The number of rotatable bonds is 4. The van der Waals surface area contributed by atoms with E-state index in [0.717, 1.165) is 24.4 Å². The maximum atomic E-state index is 9.12. The largest absolute Gasteiger partial charge is 0.497 e. The molecule has 1 aliphatic rings. The van der Waals surface area contributed by atoms with E-state index in [2.05, 4.69) is 41.3 Å². The van der Waals surface area contributed by atoms with Gasteiger partial charge in [0.05, 0.1) is 18.7 Å².